The van der Waals surface area contributed by atoms with E-state index in [0.29, 0.717) is 0 Å². The third-order valence-corrected chi connectivity index (χ3v) is 4.83. The van der Waals surface area contributed by atoms with Crippen LogP contribution >= 0.6 is 0 Å². The topological polar surface area (TPSA) is 242 Å². The molecule has 15 heteroatoms. The van der Waals surface area contributed by atoms with Crippen molar-refractivity contribution >= 4 is 23.8 Å². The predicted molar refractivity (Wildman–Crippen MR) is 107 cm³/mol. The fraction of sp³-hybridized carbons (Fsp3) is 0.778. The highest BCUT2D eigenvalue weighted by molar-refractivity contribution is 5.86. The molecule has 0 bridgehead atoms. The van der Waals surface area contributed by atoms with Crippen LogP contribution in [0.3, 0.4) is 0 Å². The van der Waals surface area contributed by atoms with Gasteiger partial charge in [-0.25, -0.2) is 4.79 Å². The first-order valence-corrected chi connectivity index (χ1v) is 10.1. The van der Waals surface area contributed by atoms with E-state index in [0.717, 1.165) is 7.11 Å². The molecule has 0 aromatic rings. The number of methoxy groups -OCH3 is 1. The fourth-order valence-electron chi connectivity index (χ4n) is 2.83. The number of hydrogen-bond acceptors (Lipinski definition) is 13. The molecule has 2 amide bonds. The van der Waals surface area contributed by atoms with Gasteiger partial charge in [0, 0.05) is 6.42 Å². The highest BCUT2D eigenvalue weighted by Gasteiger charge is 2.44. The van der Waals surface area contributed by atoms with Crippen molar-refractivity contribution in [1.82, 2.24) is 10.8 Å². The van der Waals surface area contributed by atoms with Crippen LogP contribution in [-0.2, 0) is 38.2 Å². The Balaban J connectivity index is 2.62. The predicted octanol–water partition coefficient (Wildman–Crippen LogP) is -4.48. The molecule has 0 aromatic heterocycles. The monoisotopic (exact) mass is 480 g/mol. The molecular weight excluding hydrogens is 448 g/mol. The molecule has 1 aliphatic rings. The molecule has 190 valence electrons. The number of rotatable bonds is 12. The number of hydroxylamine groups is 1. The van der Waals surface area contributed by atoms with Crippen LogP contribution in [0.4, 0.5) is 0 Å². The maximum Gasteiger partial charge on any atom is 0.347 e. The molecular formula is C18H32N4O11. The average molecular weight is 480 g/mol. The van der Waals surface area contributed by atoms with E-state index in [2.05, 4.69) is 15.5 Å². The summed E-state index contributed by atoms with van der Waals surface area (Å²) in [6.07, 6.45) is -6.87. The van der Waals surface area contributed by atoms with Gasteiger partial charge in [-0.15, -0.1) is 5.48 Å². The van der Waals surface area contributed by atoms with E-state index >= 15 is 0 Å². The van der Waals surface area contributed by atoms with Gasteiger partial charge in [0.2, 0.25) is 11.8 Å². The number of esters is 1. The van der Waals surface area contributed by atoms with Crippen molar-refractivity contribution < 1.29 is 53.5 Å². The molecule has 1 heterocycles. The lowest BCUT2D eigenvalue weighted by molar-refractivity contribution is -0.261. The second-order valence-corrected chi connectivity index (χ2v) is 7.41. The zero-order valence-corrected chi connectivity index (χ0v) is 18.5. The van der Waals surface area contributed by atoms with Gasteiger partial charge in [0.05, 0.1) is 19.8 Å². The highest BCUT2D eigenvalue weighted by Crippen LogP contribution is 2.22. The Morgan fingerprint density at radius 1 is 1.15 bits per heavy atom. The van der Waals surface area contributed by atoms with Crippen LogP contribution in [0.5, 0.6) is 0 Å². The first kappa shape index (κ1) is 28.6. The molecule has 0 aromatic carbocycles. The van der Waals surface area contributed by atoms with E-state index in [-0.39, 0.29) is 12.8 Å². The minimum Gasteiger partial charge on any atom is -0.468 e. The van der Waals surface area contributed by atoms with Gasteiger partial charge in [-0.3, -0.25) is 14.4 Å². The minimum absolute atomic E-state index is 0.0880. The van der Waals surface area contributed by atoms with Gasteiger partial charge < -0.3 is 51.2 Å². The number of nitrogens with one attached hydrogen (secondary N) is 2. The van der Waals surface area contributed by atoms with Crippen molar-refractivity contribution in [2.45, 2.75) is 75.5 Å². The molecule has 15 nitrogen and oxygen atoms in total. The van der Waals surface area contributed by atoms with Gasteiger partial charge in [0.15, 0.2) is 6.29 Å². The van der Waals surface area contributed by atoms with Gasteiger partial charge >= 0.3 is 11.9 Å². The number of carbonyl (C=O) groups excluding carboxylic acids is 4. The standard InChI is InChI=1S/C18H32N4O11/c1-7(16(27)33-22-9(17(28)30-3)4-5-11(19)24)21-15(26)8(2)31-14-12(20)18(29)32-10(6-23)13(14)25/h7-10,12-14,18,22-23,25,29H,4-6,20H2,1-3H3,(H2,19,24)(H,21,26). The molecule has 0 saturated carbocycles. The van der Waals surface area contributed by atoms with Crippen LogP contribution < -0.4 is 22.3 Å². The van der Waals surface area contributed by atoms with Crippen molar-refractivity contribution in [3.8, 4) is 0 Å². The van der Waals surface area contributed by atoms with Gasteiger partial charge in [-0.05, 0) is 20.3 Å². The lowest BCUT2D eigenvalue weighted by Gasteiger charge is -2.41. The van der Waals surface area contributed by atoms with Crippen molar-refractivity contribution in [3.05, 3.63) is 0 Å². The molecule has 1 aliphatic heterocycles. The van der Waals surface area contributed by atoms with Crippen molar-refractivity contribution in [2.24, 2.45) is 11.5 Å². The lowest BCUT2D eigenvalue weighted by Crippen LogP contribution is -2.63. The van der Waals surface area contributed by atoms with Crippen LogP contribution in [0.2, 0.25) is 0 Å². The number of hydrogen-bond donors (Lipinski definition) is 7. The third-order valence-electron chi connectivity index (χ3n) is 4.83. The van der Waals surface area contributed by atoms with Crippen LogP contribution in [0.1, 0.15) is 26.7 Å². The summed E-state index contributed by atoms with van der Waals surface area (Å²) < 4.78 is 14.9. The maximum absolute atomic E-state index is 12.4. The molecule has 0 radical (unpaired) electrons. The second kappa shape index (κ2) is 13.3. The minimum atomic E-state index is -1.54. The summed E-state index contributed by atoms with van der Waals surface area (Å²) in [5, 5.41) is 31.5. The van der Waals surface area contributed by atoms with E-state index in [1.165, 1.54) is 13.8 Å². The third kappa shape index (κ3) is 8.47. The largest absolute Gasteiger partial charge is 0.468 e. The number of aliphatic hydroxyl groups excluding tert-OH is 3. The molecule has 8 unspecified atom stereocenters. The van der Waals surface area contributed by atoms with E-state index < -0.39 is 79.2 Å². The van der Waals surface area contributed by atoms with Crippen LogP contribution in [-0.4, -0.2) is 102 Å². The summed E-state index contributed by atoms with van der Waals surface area (Å²) in [6, 6.07) is -3.56. The molecule has 33 heavy (non-hydrogen) atoms. The molecule has 0 spiro atoms. The first-order valence-electron chi connectivity index (χ1n) is 10.1. The van der Waals surface area contributed by atoms with Crippen molar-refractivity contribution in [3.63, 3.8) is 0 Å². The summed E-state index contributed by atoms with van der Waals surface area (Å²) in [4.78, 5) is 51.9. The van der Waals surface area contributed by atoms with Crippen molar-refractivity contribution in [1.29, 1.82) is 0 Å². The summed E-state index contributed by atoms with van der Waals surface area (Å²) in [7, 11) is 1.11. The summed E-state index contributed by atoms with van der Waals surface area (Å²) in [5.41, 5.74) is 13.0. The molecule has 1 fully saturated rings. The van der Waals surface area contributed by atoms with Crippen LogP contribution in [0, 0.1) is 0 Å². The maximum atomic E-state index is 12.4. The van der Waals surface area contributed by atoms with Crippen LogP contribution in [0.15, 0.2) is 0 Å². The molecule has 1 rings (SSSR count). The molecule has 8 atom stereocenters. The Morgan fingerprint density at radius 3 is 2.33 bits per heavy atom. The Kier molecular flexibility index (Phi) is 11.6. The van der Waals surface area contributed by atoms with Gasteiger partial charge in [-0.2, -0.15) is 0 Å². The Bertz CT molecular complexity index is 694. The number of carbonyl (C=O) groups is 4. The zero-order chi connectivity index (χ0) is 25.3. The quantitative estimate of drug-likeness (QED) is 0.103. The zero-order valence-electron chi connectivity index (χ0n) is 18.5. The number of amides is 2. The van der Waals surface area contributed by atoms with Gasteiger partial charge in [-0.1, -0.05) is 0 Å². The van der Waals surface area contributed by atoms with Crippen molar-refractivity contribution in [2.75, 3.05) is 13.7 Å². The average Bonchev–Trinajstić information content (AvgIpc) is 2.77. The Morgan fingerprint density at radius 2 is 1.79 bits per heavy atom. The lowest BCUT2D eigenvalue weighted by atomic mass is 9.97. The summed E-state index contributed by atoms with van der Waals surface area (Å²) in [5.74, 6) is -3.21. The van der Waals surface area contributed by atoms with Crippen LogP contribution in [0.25, 0.3) is 0 Å². The number of aliphatic hydroxyl groups is 3. The SMILES string of the molecule is COC(=O)C(CCC(N)=O)NOC(=O)C(C)NC(=O)C(C)OC1C(N)C(O)OC(CO)C1O. The number of primary amides is 1. The fourth-order valence-corrected chi connectivity index (χ4v) is 2.83. The summed E-state index contributed by atoms with van der Waals surface area (Å²) in [6.45, 7) is 2.00. The number of ether oxygens (including phenoxy) is 3. The van der Waals surface area contributed by atoms with E-state index in [9.17, 15) is 34.5 Å². The summed E-state index contributed by atoms with van der Waals surface area (Å²) >= 11 is 0. The highest BCUT2D eigenvalue weighted by atomic mass is 16.7. The Hall–Kier alpha value is -2.40. The van der Waals surface area contributed by atoms with E-state index in [4.69, 9.17) is 25.8 Å². The van der Waals surface area contributed by atoms with Gasteiger partial charge in [0.25, 0.3) is 0 Å². The molecule has 0 aliphatic carbocycles. The second-order valence-electron chi connectivity index (χ2n) is 7.41. The van der Waals surface area contributed by atoms with E-state index in [1.807, 2.05) is 0 Å². The van der Waals surface area contributed by atoms with Gasteiger partial charge in [0.1, 0.15) is 36.5 Å². The normalized spacial score (nSPS) is 27.7. The number of nitrogens with two attached hydrogens (primary N) is 2. The molecule has 9 N–H and O–H groups in total. The van der Waals surface area contributed by atoms with E-state index in [1.54, 1.807) is 0 Å². The smallest absolute Gasteiger partial charge is 0.347 e. The molecule has 1 saturated heterocycles. The first-order chi connectivity index (χ1) is 15.4. The Labute approximate surface area is 189 Å².